The van der Waals surface area contributed by atoms with E-state index in [1.807, 2.05) is 0 Å². The minimum absolute atomic E-state index is 0.0830. The van der Waals surface area contributed by atoms with Crippen molar-refractivity contribution in [3.63, 3.8) is 0 Å². The van der Waals surface area contributed by atoms with Crippen LogP contribution < -0.4 is 0 Å². The summed E-state index contributed by atoms with van der Waals surface area (Å²) in [6.45, 7) is 6.68. The highest BCUT2D eigenvalue weighted by molar-refractivity contribution is 6.15. The molecule has 1 saturated carbocycles. The molecule has 4 aromatic carbocycles. The van der Waals surface area contributed by atoms with Gasteiger partial charge in [0.2, 0.25) is 0 Å². The molecule has 4 aromatic rings. The Morgan fingerprint density at radius 1 is 0.806 bits per heavy atom. The summed E-state index contributed by atoms with van der Waals surface area (Å²) in [6, 6.07) is 23.5. The van der Waals surface area contributed by atoms with E-state index in [9.17, 15) is 5.11 Å². The molecule has 184 valence electrons. The van der Waals surface area contributed by atoms with Gasteiger partial charge in [-0.2, -0.15) is 0 Å². The number of hydrogen-bond acceptors (Lipinski definition) is 3. The highest BCUT2D eigenvalue weighted by atomic mass is 16.6. The molecule has 1 aliphatic heterocycles. The second-order valence-electron chi connectivity index (χ2n) is 11.6. The van der Waals surface area contributed by atoms with Crippen LogP contribution in [0.3, 0.4) is 0 Å². The van der Waals surface area contributed by atoms with Crippen molar-refractivity contribution >= 4 is 27.3 Å². The van der Waals surface area contributed by atoms with E-state index in [1.54, 1.807) is 0 Å². The Morgan fingerprint density at radius 2 is 1.42 bits per heavy atom. The molecule has 1 heterocycles. The molecule has 1 N–H and O–H groups in total. The Kier molecular flexibility index (Phi) is 5.75. The molecule has 6 rings (SSSR count). The molecule has 3 nitrogen and oxygen atoms in total. The maximum atomic E-state index is 11.9. The number of phenols is 1. The molecular formula is C33H35NO2. The zero-order valence-electron chi connectivity index (χ0n) is 21.6. The van der Waals surface area contributed by atoms with Crippen molar-refractivity contribution in [1.82, 2.24) is 0 Å². The second-order valence-corrected chi connectivity index (χ2v) is 11.6. The third-order valence-corrected chi connectivity index (χ3v) is 8.20. The van der Waals surface area contributed by atoms with Gasteiger partial charge < -0.3 is 9.94 Å². The standard InChI is InChI=1S/C33H35NO2/c1-33(2,3)24-18-27(29-20-30(36-34-29)21-11-5-4-6-12-21)32(35)28(19-24)31-25-15-9-7-13-22(25)17-23-14-8-10-16-26(23)31/h7-10,13-19,21,30,35H,4-6,11-12,20H2,1-3H3. The number of phenolic OH excluding ortho intramolecular Hbond substituents is 1. The summed E-state index contributed by atoms with van der Waals surface area (Å²) < 4.78 is 0. The van der Waals surface area contributed by atoms with Crippen molar-refractivity contribution < 1.29 is 9.94 Å². The van der Waals surface area contributed by atoms with Crippen molar-refractivity contribution in [3.05, 3.63) is 77.9 Å². The molecule has 2 aliphatic rings. The first kappa shape index (κ1) is 23.1. The lowest BCUT2D eigenvalue weighted by Gasteiger charge is -2.25. The first-order valence-electron chi connectivity index (χ1n) is 13.4. The molecule has 0 amide bonds. The number of hydrogen-bond donors (Lipinski definition) is 1. The van der Waals surface area contributed by atoms with Crippen LogP contribution in [0.4, 0.5) is 0 Å². The molecule has 0 bridgehead atoms. The number of fused-ring (bicyclic) bond motifs is 2. The first-order chi connectivity index (χ1) is 17.4. The average Bonchev–Trinajstić information content (AvgIpc) is 3.38. The molecule has 1 atom stereocenters. The maximum Gasteiger partial charge on any atom is 0.136 e. The van der Waals surface area contributed by atoms with E-state index in [-0.39, 0.29) is 11.5 Å². The maximum absolute atomic E-state index is 11.9. The molecule has 0 radical (unpaired) electrons. The number of nitrogens with zero attached hydrogens (tertiary/aromatic N) is 1. The Bertz CT molecular complexity index is 1420. The van der Waals surface area contributed by atoms with Crippen LogP contribution in [-0.4, -0.2) is 16.9 Å². The van der Waals surface area contributed by atoms with Crippen LogP contribution in [0, 0.1) is 5.92 Å². The topological polar surface area (TPSA) is 41.8 Å². The van der Waals surface area contributed by atoms with E-state index in [2.05, 4.69) is 92.7 Å². The number of benzene rings is 4. The van der Waals surface area contributed by atoms with Gasteiger partial charge in [-0.15, -0.1) is 0 Å². The SMILES string of the molecule is CC(C)(C)c1cc(C2=NOC(C3CCCCC3)C2)c(O)c(-c2c3ccccc3cc3ccccc23)c1. The lowest BCUT2D eigenvalue weighted by molar-refractivity contribution is 0.0268. The fourth-order valence-electron chi connectivity index (χ4n) is 6.10. The van der Waals surface area contributed by atoms with Crippen LogP contribution in [0.15, 0.2) is 71.9 Å². The summed E-state index contributed by atoms with van der Waals surface area (Å²) in [7, 11) is 0. The smallest absolute Gasteiger partial charge is 0.136 e. The van der Waals surface area contributed by atoms with Crippen molar-refractivity contribution in [2.75, 3.05) is 0 Å². The fraction of sp³-hybridized carbons (Fsp3) is 0.364. The largest absolute Gasteiger partial charge is 0.507 e. The molecule has 3 heteroatoms. The summed E-state index contributed by atoms with van der Waals surface area (Å²) in [6.07, 6.45) is 7.21. The summed E-state index contributed by atoms with van der Waals surface area (Å²) in [5.41, 5.74) is 4.74. The van der Waals surface area contributed by atoms with E-state index in [0.29, 0.717) is 11.7 Å². The molecule has 0 spiro atoms. The molecule has 36 heavy (non-hydrogen) atoms. The lowest BCUT2D eigenvalue weighted by Crippen LogP contribution is -2.23. The van der Waals surface area contributed by atoms with Crippen LogP contribution in [0.2, 0.25) is 0 Å². The predicted octanol–water partition coefficient (Wildman–Crippen LogP) is 8.74. The second kappa shape index (κ2) is 8.96. The summed E-state index contributed by atoms with van der Waals surface area (Å²) in [5.74, 6) is 0.866. The molecule has 0 aromatic heterocycles. The van der Waals surface area contributed by atoms with Gasteiger partial charge >= 0.3 is 0 Å². The van der Waals surface area contributed by atoms with E-state index in [0.717, 1.165) is 39.6 Å². The summed E-state index contributed by atoms with van der Waals surface area (Å²) in [4.78, 5) is 6.00. The van der Waals surface area contributed by atoms with E-state index in [1.165, 1.54) is 48.4 Å². The van der Waals surface area contributed by atoms with Gasteiger partial charge in [-0.1, -0.05) is 93.7 Å². The van der Waals surface area contributed by atoms with Gasteiger partial charge in [0, 0.05) is 23.1 Å². The predicted molar refractivity (Wildman–Crippen MR) is 150 cm³/mol. The number of aromatic hydroxyl groups is 1. The van der Waals surface area contributed by atoms with Crippen molar-refractivity contribution in [3.8, 4) is 16.9 Å². The third-order valence-electron chi connectivity index (χ3n) is 8.20. The van der Waals surface area contributed by atoms with Crippen LogP contribution in [0.1, 0.15) is 70.4 Å². The van der Waals surface area contributed by atoms with Crippen LogP contribution in [-0.2, 0) is 10.3 Å². The monoisotopic (exact) mass is 477 g/mol. The van der Waals surface area contributed by atoms with E-state index < -0.39 is 0 Å². The lowest BCUT2D eigenvalue weighted by atomic mass is 9.80. The minimum Gasteiger partial charge on any atom is -0.507 e. The van der Waals surface area contributed by atoms with Gasteiger partial charge in [0.15, 0.2) is 0 Å². The first-order valence-corrected chi connectivity index (χ1v) is 13.4. The van der Waals surface area contributed by atoms with Crippen LogP contribution >= 0.6 is 0 Å². The van der Waals surface area contributed by atoms with Gasteiger partial charge in [0.1, 0.15) is 11.9 Å². The van der Waals surface area contributed by atoms with Gasteiger partial charge in [-0.3, -0.25) is 0 Å². The molecule has 0 saturated heterocycles. The highest BCUT2D eigenvalue weighted by Gasteiger charge is 2.33. The molecule has 1 aliphatic carbocycles. The van der Waals surface area contributed by atoms with Gasteiger partial charge in [0.05, 0.1) is 5.71 Å². The van der Waals surface area contributed by atoms with Crippen LogP contribution in [0.25, 0.3) is 32.7 Å². The minimum atomic E-state index is -0.0830. The average molecular weight is 478 g/mol. The van der Waals surface area contributed by atoms with E-state index in [4.69, 9.17) is 4.84 Å². The van der Waals surface area contributed by atoms with E-state index >= 15 is 0 Å². The third kappa shape index (κ3) is 4.05. The van der Waals surface area contributed by atoms with Gasteiger partial charge in [-0.05, 0) is 69.5 Å². The van der Waals surface area contributed by atoms with Crippen LogP contribution in [0.5, 0.6) is 5.75 Å². The normalized spacial score (nSPS) is 19.0. The fourth-order valence-corrected chi connectivity index (χ4v) is 6.10. The van der Waals surface area contributed by atoms with Crippen molar-refractivity contribution in [2.24, 2.45) is 11.1 Å². The Balaban J connectivity index is 1.54. The molecular weight excluding hydrogens is 442 g/mol. The van der Waals surface area contributed by atoms with Crippen molar-refractivity contribution in [1.29, 1.82) is 0 Å². The summed E-state index contributed by atoms with van der Waals surface area (Å²) >= 11 is 0. The zero-order valence-corrected chi connectivity index (χ0v) is 21.6. The molecule has 1 unspecified atom stereocenters. The number of oxime groups is 1. The summed E-state index contributed by atoms with van der Waals surface area (Å²) in [5, 5.41) is 21.1. The zero-order chi connectivity index (χ0) is 24.9. The Labute approximate surface area is 213 Å². The van der Waals surface area contributed by atoms with Gasteiger partial charge in [0.25, 0.3) is 0 Å². The molecule has 1 fully saturated rings. The Hall–Kier alpha value is -3.33. The number of rotatable bonds is 3. The quantitative estimate of drug-likeness (QED) is 0.300. The highest BCUT2D eigenvalue weighted by Crippen LogP contribution is 2.45. The van der Waals surface area contributed by atoms with Gasteiger partial charge in [-0.25, -0.2) is 0 Å². The Morgan fingerprint density at radius 3 is 2.06 bits per heavy atom. The van der Waals surface area contributed by atoms with Crippen molar-refractivity contribution in [2.45, 2.75) is 70.8 Å².